The predicted octanol–water partition coefficient (Wildman–Crippen LogP) is 2.20. The van der Waals surface area contributed by atoms with E-state index in [0.717, 1.165) is 25.1 Å². The zero-order valence-corrected chi connectivity index (χ0v) is 14.7. The van der Waals surface area contributed by atoms with Gasteiger partial charge in [-0.15, -0.1) is 0 Å². The lowest BCUT2D eigenvalue weighted by Gasteiger charge is -2.27. The van der Waals surface area contributed by atoms with E-state index in [-0.39, 0.29) is 12.5 Å². The van der Waals surface area contributed by atoms with Crippen molar-refractivity contribution in [1.82, 2.24) is 9.97 Å². The van der Waals surface area contributed by atoms with Crippen LogP contribution in [0.15, 0.2) is 42.6 Å². The molecule has 2 heterocycles. The van der Waals surface area contributed by atoms with Crippen molar-refractivity contribution in [3.05, 3.63) is 48.2 Å². The number of aromatic nitrogens is 2. The molecule has 26 heavy (non-hydrogen) atoms. The Bertz CT molecular complexity index is 705. The number of nitrogens with one attached hydrogen (secondary N) is 1. The predicted molar refractivity (Wildman–Crippen MR) is 99.5 cm³/mol. The van der Waals surface area contributed by atoms with Gasteiger partial charge in [-0.25, -0.2) is 4.98 Å². The number of nitrogens with zero attached hydrogens (tertiary/aromatic N) is 3. The minimum Gasteiger partial charge on any atom is -0.481 e. The Morgan fingerprint density at radius 2 is 2.00 bits per heavy atom. The smallest absolute Gasteiger partial charge is 0.303 e. The monoisotopic (exact) mass is 356 g/mol. The van der Waals surface area contributed by atoms with Crippen molar-refractivity contribution < 1.29 is 14.6 Å². The summed E-state index contributed by atoms with van der Waals surface area (Å²) in [6, 6.07) is 11.9. The fourth-order valence-corrected chi connectivity index (χ4v) is 2.98. The Hall–Kier alpha value is -2.67. The molecule has 1 aliphatic heterocycles. The van der Waals surface area contributed by atoms with Crippen LogP contribution in [0.3, 0.4) is 0 Å². The molecular weight excluding hydrogens is 332 g/mol. The Balaban J connectivity index is 1.69. The number of hydrogen-bond acceptors (Lipinski definition) is 6. The third-order valence-electron chi connectivity index (χ3n) is 4.32. The fraction of sp³-hybridized carbons (Fsp3) is 0.421. The first-order valence-electron chi connectivity index (χ1n) is 8.89. The molecule has 1 aromatic heterocycles. The molecule has 7 heteroatoms. The maximum absolute atomic E-state index is 11.0. The lowest BCUT2D eigenvalue weighted by molar-refractivity contribution is -0.137. The van der Waals surface area contributed by atoms with Gasteiger partial charge in [0.2, 0.25) is 5.95 Å². The first-order chi connectivity index (χ1) is 12.7. The van der Waals surface area contributed by atoms with E-state index in [4.69, 9.17) is 9.84 Å². The molecule has 1 fully saturated rings. The van der Waals surface area contributed by atoms with Gasteiger partial charge in [0.1, 0.15) is 5.82 Å². The third-order valence-corrected chi connectivity index (χ3v) is 4.32. The lowest BCUT2D eigenvalue weighted by atomic mass is 10.0. The number of morpholine rings is 1. The molecule has 138 valence electrons. The first-order valence-corrected chi connectivity index (χ1v) is 8.89. The second-order valence-electron chi connectivity index (χ2n) is 6.30. The van der Waals surface area contributed by atoms with Crippen LogP contribution in [0.2, 0.25) is 0 Å². The normalized spacial score (nSPS) is 15.5. The van der Waals surface area contributed by atoms with Crippen molar-refractivity contribution in [3.8, 4) is 0 Å². The fourth-order valence-electron chi connectivity index (χ4n) is 2.98. The van der Waals surface area contributed by atoms with Gasteiger partial charge < -0.3 is 20.1 Å². The van der Waals surface area contributed by atoms with Crippen molar-refractivity contribution in [2.75, 3.05) is 36.5 Å². The van der Waals surface area contributed by atoms with Crippen LogP contribution in [0.4, 0.5) is 11.8 Å². The van der Waals surface area contributed by atoms with E-state index in [1.165, 1.54) is 0 Å². The highest BCUT2D eigenvalue weighted by atomic mass is 16.5. The largest absolute Gasteiger partial charge is 0.481 e. The number of rotatable bonds is 8. The molecule has 3 rings (SSSR count). The summed E-state index contributed by atoms with van der Waals surface area (Å²) >= 11 is 0. The molecule has 0 aliphatic carbocycles. The maximum atomic E-state index is 11.0. The zero-order chi connectivity index (χ0) is 18.2. The molecule has 1 unspecified atom stereocenters. The van der Waals surface area contributed by atoms with Gasteiger partial charge in [-0.1, -0.05) is 30.3 Å². The SMILES string of the molecule is O=C(O)CCC(Cc1ccccc1)Nc1ccnc(N2CCOCC2)n1. The number of hydrogen-bond donors (Lipinski definition) is 2. The molecule has 0 radical (unpaired) electrons. The van der Waals surface area contributed by atoms with Crippen molar-refractivity contribution >= 4 is 17.7 Å². The molecule has 1 aliphatic rings. The molecule has 2 aromatic rings. The topological polar surface area (TPSA) is 87.6 Å². The van der Waals surface area contributed by atoms with Crippen LogP contribution in [0.25, 0.3) is 0 Å². The molecule has 2 N–H and O–H groups in total. The minimum absolute atomic E-state index is 0.0130. The second-order valence-corrected chi connectivity index (χ2v) is 6.30. The summed E-state index contributed by atoms with van der Waals surface area (Å²) in [5, 5.41) is 12.4. The summed E-state index contributed by atoms with van der Waals surface area (Å²) in [7, 11) is 0. The Labute approximate surface area is 153 Å². The van der Waals surface area contributed by atoms with Gasteiger partial charge in [0.25, 0.3) is 0 Å². The number of carboxylic acid groups (broad SMARTS) is 1. The third kappa shape index (κ3) is 5.42. The first kappa shape index (κ1) is 18.1. The lowest BCUT2D eigenvalue weighted by Crippen LogP contribution is -2.37. The van der Waals surface area contributed by atoms with E-state index in [2.05, 4.69) is 32.3 Å². The summed E-state index contributed by atoms with van der Waals surface area (Å²) in [6.07, 6.45) is 3.12. The Morgan fingerprint density at radius 1 is 1.23 bits per heavy atom. The Morgan fingerprint density at radius 3 is 2.73 bits per heavy atom. The van der Waals surface area contributed by atoms with E-state index >= 15 is 0 Å². The van der Waals surface area contributed by atoms with Gasteiger partial charge in [-0.2, -0.15) is 4.98 Å². The molecule has 0 saturated carbocycles. The molecule has 1 atom stereocenters. The van der Waals surface area contributed by atoms with Crippen LogP contribution in [-0.4, -0.2) is 53.4 Å². The number of benzene rings is 1. The van der Waals surface area contributed by atoms with Crippen molar-refractivity contribution in [2.45, 2.75) is 25.3 Å². The quantitative estimate of drug-likeness (QED) is 0.750. The van der Waals surface area contributed by atoms with E-state index in [1.54, 1.807) is 6.20 Å². The van der Waals surface area contributed by atoms with Gasteiger partial charge in [-0.05, 0) is 24.5 Å². The van der Waals surface area contributed by atoms with Gasteiger partial charge in [0, 0.05) is 31.7 Å². The molecule has 0 bridgehead atoms. The van der Waals surface area contributed by atoms with Crippen LogP contribution >= 0.6 is 0 Å². The number of aliphatic carboxylic acids is 1. The number of carbonyl (C=O) groups is 1. The molecular formula is C19H24N4O3. The zero-order valence-electron chi connectivity index (χ0n) is 14.7. The van der Waals surface area contributed by atoms with E-state index in [9.17, 15) is 4.79 Å². The standard InChI is InChI=1S/C19H24N4O3/c24-18(25)7-6-16(14-15-4-2-1-3-5-15)21-17-8-9-20-19(22-17)23-10-12-26-13-11-23/h1-5,8-9,16H,6-7,10-14H2,(H,24,25)(H,20,21,22). The Kier molecular flexibility index (Phi) is 6.38. The van der Waals surface area contributed by atoms with E-state index in [0.29, 0.717) is 31.4 Å². The number of carboxylic acids is 1. The summed E-state index contributed by atoms with van der Waals surface area (Å²) in [5.74, 6) is 0.601. The average Bonchev–Trinajstić information content (AvgIpc) is 2.68. The molecule has 0 amide bonds. The van der Waals surface area contributed by atoms with Crippen molar-refractivity contribution in [3.63, 3.8) is 0 Å². The highest BCUT2D eigenvalue weighted by Gasteiger charge is 2.16. The van der Waals surface area contributed by atoms with E-state index < -0.39 is 5.97 Å². The minimum atomic E-state index is -0.790. The van der Waals surface area contributed by atoms with Gasteiger partial charge >= 0.3 is 5.97 Å². The summed E-state index contributed by atoms with van der Waals surface area (Å²) in [5.41, 5.74) is 1.16. The summed E-state index contributed by atoms with van der Waals surface area (Å²) < 4.78 is 5.37. The molecule has 1 saturated heterocycles. The van der Waals surface area contributed by atoms with Crippen LogP contribution in [0.5, 0.6) is 0 Å². The van der Waals surface area contributed by atoms with Crippen molar-refractivity contribution in [1.29, 1.82) is 0 Å². The van der Waals surface area contributed by atoms with E-state index in [1.807, 2.05) is 24.3 Å². The van der Waals surface area contributed by atoms with Crippen LogP contribution in [-0.2, 0) is 16.0 Å². The summed E-state index contributed by atoms with van der Waals surface area (Å²) in [4.78, 5) is 22.1. The average molecular weight is 356 g/mol. The maximum Gasteiger partial charge on any atom is 0.303 e. The van der Waals surface area contributed by atoms with Crippen LogP contribution < -0.4 is 10.2 Å². The summed E-state index contributed by atoms with van der Waals surface area (Å²) in [6.45, 7) is 2.90. The van der Waals surface area contributed by atoms with Gasteiger partial charge in [0.15, 0.2) is 0 Å². The second kappa shape index (κ2) is 9.15. The number of anilines is 2. The number of ether oxygens (including phenoxy) is 1. The molecule has 1 aromatic carbocycles. The van der Waals surface area contributed by atoms with Gasteiger partial charge in [0.05, 0.1) is 13.2 Å². The van der Waals surface area contributed by atoms with Crippen LogP contribution in [0.1, 0.15) is 18.4 Å². The molecule has 7 nitrogen and oxygen atoms in total. The highest BCUT2D eigenvalue weighted by molar-refractivity contribution is 5.66. The molecule has 0 spiro atoms. The van der Waals surface area contributed by atoms with Crippen molar-refractivity contribution in [2.24, 2.45) is 0 Å². The van der Waals surface area contributed by atoms with Crippen LogP contribution in [0, 0.1) is 0 Å². The highest BCUT2D eigenvalue weighted by Crippen LogP contribution is 2.16. The van der Waals surface area contributed by atoms with Gasteiger partial charge in [-0.3, -0.25) is 4.79 Å².